The summed E-state index contributed by atoms with van der Waals surface area (Å²) < 4.78 is 0. The van der Waals surface area contributed by atoms with Gasteiger partial charge in [0.1, 0.15) is 5.15 Å². The summed E-state index contributed by atoms with van der Waals surface area (Å²) in [5.41, 5.74) is 1.75. The maximum atomic E-state index is 12.3. The highest BCUT2D eigenvalue weighted by Gasteiger charge is 2.19. The zero-order valence-electron chi connectivity index (χ0n) is 12.1. The first kappa shape index (κ1) is 15.8. The van der Waals surface area contributed by atoms with Crippen LogP contribution >= 0.6 is 23.2 Å². The highest BCUT2D eigenvalue weighted by Crippen LogP contribution is 2.24. The number of carbonyl (C=O) groups is 1. The van der Waals surface area contributed by atoms with E-state index in [-0.39, 0.29) is 11.3 Å². The Balaban J connectivity index is 2.27. The van der Waals surface area contributed by atoms with Gasteiger partial charge in [-0.15, -0.1) is 0 Å². The van der Waals surface area contributed by atoms with Crippen LogP contribution in [0.4, 0.5) is 5.69 Å². The second-order valence-electron chi connectivity index (χ2n) is 5.77. The molecule has 0 atom stereocenters. The molecular formula is C16H16Cl2N2O. The lowest BCUT2D eigenvalue weighted by Gasteiger charge is -2.18. The first-order chi connectivity index (χ1) is 9.75. The van der Waals surface area contributed by atoms with Gasteiger partial charge in [0.05, 0.1) is 0 Å². The summed E-state index contributed by atoms with van der Waals surface area (Å²) in [5, 5.41) is 3.74. The largest absolute Gasteiger partial charge is 0.322 e. The lowest BCUT2D eigenvalue weighted by molar-refractivity contribution is 0.102. The Morgan fingerprint density at radius 2 is 1.71 bits per heavy atom. The van der Waals surface area contributed by atoms with Crippen molar-refractivity contribution in [2.24, 2.45) is 0 Å². The van der Waals surface area contributed by atoms with Gasteiger partial charge in [0, 0.05) is 27.4 Å². The molecule has 1 N–H and O–H groups in total. The maximum Gasteiger partial charge on any atom is 0.255 e. The fourth-order valence-electron chi connectivity index (χ4n) is 1.75. The van der Waals surface area contributed by atoms with Crippen LogP contribution in [0.15, 0.2) is 36.4 Å². The maximum absolute atomic E-state index is 12.3. The Morgan fingerprint density at radius 3 is 2.29 bits per heavy atom. The Hall–Kier alpha value is -1.58. The smallest absolute Gasteiger partial charge is 0.255 e. The average Bonchev–Trinajstić information content (AvgIpc) is 2.39. The molecule has 1 aromatic heterocycles. The van der Waals surface area contributed by atoms with Crippen LogP contribution in [-0.4, -0.2) is 10.9 Å². The minimum atomic E-state index is -0.230. The van der Waals surface area contributed by atoms with Crippen LogP contribution in [0.5, 0.6) is 0 Å². The first-order valence-corrected chi connectivity index (χ1v) is 7.26. The molecule has 21 heavy (non-hydrogen) atoms. The Kier molecular flexibility index (Phi) is 4.55. The molecular weight excluding hydrogens is 307 g/mol. The van der Waals surface area contributed by atoms with Gasteiger partial charge in [-0.2, -0.15) is 0 Å². The molecule has 0 aliphatic rings. The van der Waals surface area contributed by atoms with Crippen LogP contribution in [0.3, 0.4) is 0 Å². The van der Waals surface area contributed by atoms with Crippen LogP contribution in [0.25, 0.3) is 0 Å². The third kappa shape index (κ3) is 4.19. The molecule has 3 nitrogen and oxygen atoms in total. The fraction of sp³-hybridized carbons (Fsp3) is 0.250. The Labute approximate surface area is 134 Å². The van der Waals surface area contributed by atoms with Crippen molar-refractivity contribution in [2.75, 3.05) is 5.32 Å². The topological polar surface area (TPSA) is 42.0 Å². The van der Waals surface area contributed by atoms with Gasteiger partial charge in [-0.3, -0.25) is 4.79 Å². The van der Waals surface area contributed by atoms with Gasteiger partial charge in [-0.25, -0.2) is 4.98 Å². The quantitative estimate of drug-likeness (QED) is 0.796. The molecule has 0 radical (unpaired) electrons. The zero-order valence-corrected chi connectivity index (χ0v) is 13.6. The number of aromatic nitrogens is 1. The molecule has 2 aromatic rings. The summed E-state index contributed by atoms with van der Waals surface area (Å²) in [4.78, 5) is 16.6. The second-order valence-corrected chi connectivity index (χ2v) is 6.60. The average molecular weight is 323 g/mol. The van der Waals surface area contributed by atoms with E-state index in [0.717, 1.165) is 5.69 Å². The predicted molar refractivity (Wildman–Crippen MR) is 87.4 cm³/mol. The Morgan fingerprint density at radius 1 is 1.10 bits per heavy atom. The molecule has 0 fully saturated rings. The fourth-order valence-corrected chi connectivity index (χ4v) is 2.08. The summed E-state index contributed by atoms with van der Waals surface area (Å²) in [6.45, 7) is 6.06. The monoisotopic (exact) mass is 322 g/mol. The van der Waals surface area contributed by atoms with Gasteiger partial charge in [0.25, 0.3) is 5.91 Å². The summed E-state index contributed by atoms with van der Waals surface area (Å²) in [6, 6.07) is 10.2. The van der Waals surface area contributed by atoms with Crippen LogP contribution in [0.2, 0.25) is 10.2 Å². The van der Waals surface area contributed by atoms with Crippen LogP contribution in [0.1, 0.15) is 36.8 Å². The summed E-state index contributed by atoms with van der Waals surface area (Å²) in [6.07, 6.45) is 0. The first-order valence-electron chi connectivity index (χ1n) is 6.51. The van der Waals surface area contributed by atoms with Crippen molar-refractivity contribution in [2.45, 2.75) is 26.2 Å². The predicted octanol–water partition coefficient (Wildman–Crippen LogP) is 4.94. The highest BCUT2D eigenvalue weighted by atomic mass is 35.5. The molecule has 0 bridgehead atoms. The van der Waals surface area contributed by atoms with Crippen LogP contribution in [0, 0.1) is 0 Å². The molecule has 1 aromatic carbocycles. The molecule has 1 amide bonds. The van der Waals surface area contributed by atoms with E-state index in [4.69, 9.17) is 23.2 Å². The van der Waals surface area contributed by atoms with E-state index in [1.165, 1.54) is 0 Å². The highest BCUT2D eigenvalue weighted by molar-refractivity contribution is 6.30. The van der Waals surface area contributed by atoms with E-state index in [0.29, 0.717) is 21.4 Å². The third-order valence-electron chi connectivity index (χ3n) is 2.93. The molecule has 110 valence electrons. The minimum absolute atomic E-state index is 0.180. The van der Waals surface area contributed by atoms with Crippen molar-refractivity contribution < 1.29 is 4.79 Å². The minimum Gasteiger partial charge on any atom is -0.322 e. The second kappa shape index (κ2) is 6.04. The van der Waals surface area contributed by atoms with Crippen molar-refractivity contribution in [3.8, 4) is 0 Å². The van der Waals surface area contributed by atoms with E-state index >= 15 is 0 Å². The number of halogens is 2. The van der Waals surface area contributed by atoms with Crippen molar-refractivity contribution in [1.82, 2.24) is 4.98 Å². The van der Waals surface area contributed by atoms with Crippen LogP contribution < -0.4 is 5.32 Å². The molecule has 0 saturated heterocycles. The van der Waals surface area contributed by atoms with Gasteiger partial charge in [0.2, 0.25) is 0 Å². The van der Waals surface area contributed by atoms with E-state index in [1.54, 1.807) is 36.4 Å². The number of benzene rings is 1. The molecule has 0 spiro atoms. The van der Waals surface area contributed by atoms with Crippen LogP contribution in [-0.2, 0) is 5.41 Å². The lowest BCUT2D eigenvalue weighted by Crippen LogP contribution is -2.17. The third-order valence-corrected chi connectivity index (χ3v) is 3.37. The van der Waals surface area contributed by atoms with E-state index in [1.807, 2.05) is 20.8 Å². The van der Waals surface area contributed by atoms with Gasteiger partial charge < -0.3 is 5.32 Å². The summed E-state index contributed by atoms with van der Waals surface area (Å²) in [7, 11) is 0. The van der Waals surface area contributed by atoms with E-state index in [2.05, 4.69) is 10.3 Å². The molecule has 0 aliphatic carbocycles. The molecule has 0 unspecified atom stereocenters. The summed E-state index contributed by atoms with van der Waals surface area (Å²) in [5.74, 6) is -0.230. The number of pyridine rings is 1. The molecule has 2 rings (SSSR count). The molecule has 1 heterocycles. The number of rotatable bonds is 2. The van der Waals surface area contributed by atoms with Gasteiger partial charge in [-0.05, 0) is 36.4 Å². The Bertz CT molecular complexity index is 661. The number of hydrogen-bond donors (Lipinski definition) is 1. The number of hydrogen-bond acceptors (Lipinski definition) is 2. The SMILES string of the molecule is CC(C)(C)c1cc(C(=O)Nc2ccc(Cl)cc2)cc(Cl)n1. The number of nitrogens with one attached hydrogen (secondary N) is 1. The van der Waals surface area contributed by atoms with Crippen molar-refractivity contribution in [1.29, 1.82) is 0 Å². The van der Waals surface area contributed by atoms with E-state index < -0.39 is 0 Å². The van der Waals surface area contributed by atoms with Crippen molar-refractivity contribution in [3.63, 3.8) is 0 Å². The number of amides is 1. The molecule has 0 aliphatic heterocycles. The van der Waals surface area contributed by atoms with Gasteiger partial charge in [0.15, 0.2) is 0 Å². The van der Waals surface area contributed by atoms with Crippen molar-refractivity contribution in [3.05, 3.63) is 57.8 Å². The number of anilines is 1. The normalized spacial score (nSPS) is 11.3. The molecule has 5 heteroatoms. The zero-order chi connectivity index (χ0) is 15.6. The number of nitrogens with zero attached hydrogens (tertiary/aromatic N) is 1. The molecule has 0 saturated carbocycles. The summed E-state index contributed by atoms with van der Waals surface area (Å²) >= 11 is 11.8. The van der Waals surface area contributed by atoms with Crippen molar-refractivity contribution >= 4 is 34.8 Å². The van der Waals surface area contributed by atoms with E-state index in [9.17, 15) is 4.79 Å². The van der Waals surface area contributed by atoms with Gasteiger partial charge in [-0.1, -0.05) is 44.0 Å². The number of carbonyl (C=O) groups excluding carboxylic acids is 1. The van der Waals surface area contributed by atoms with Gasteiger partial charge >= 0.3 is 0 Å². The standard InChI is InChI=1S/C16H16Cl2N2O/c1-16(2,3)13-8-10(9-14(18)20-13)15(21)19-12-6-4-11(17)5-7-12/h4-9H,1-3H3,(H,19,21). The lowest BCUT2D eigenvalue weighted by atomic mass is 9.91.